The highest BCUT2D eigenvalue weighted by molar-refractivity contribution is 5.26. The first-order valence-electron chi connectivity index (χ1n) is 6.87. The Hall–Kier alpha value is -2.14. The van der Waals surface area contributed by atoms with Gasteiger partial charge in [0.1, 0.15) is 18.5 Å². The summed E-state index contributed by atoms with van der Waals surface area (Å²) >= 11 is 0. The lowest BCUT2D eigenvalue weighted by atomic mass is 10.2. The fraction of sp³-hybridized carbons (Fsp3) is 0.375. The highest BCUT2D eigenvalue weighted by atomic mass is 16.5. The molecule has 0 bridgehead atoms. The van der Waals surface area contributed by atoms with E-state index in [9.17, 15) is 9.90 Å². The summed E-state index contributed by atoms with van der Waals surface area (Å²) in [6.07, 6.45) is 0.688. The molecule has 5 nitrogen and oxygen atoms in total. The van der Waals surface area contributed by atoms with Gasteiger partial charge in [0.05, 0.1) is 12.9 Å². The van der Waals surface area contributed by atoms with Crippen LogP contribution in [0.2, 0.25) is 0 Å². The maximum atomic E-state index is 12.0. The topological polar surface area (TPSA) is 64.3 Å². The summed E-state index contributed by atoms with van der Waals surface area (Å²) in [6, 6.07) is 7.59. The molecule has 5 heteroatoms. The zero-order valence-corrected chi connectivity index (χ0v) is 12.5. The summed E-state index contributed by atoms with van der Waals surface area (Å²) in [5, 5.41) is 9.99. The van der Waals surface area contributed by atoms with Gasteiger partial charge < -0.3 is 9.84 Å². The Kier molecular flexibility index (Phi) is 4.75. The molecule has 2 aromatic rings. The van der Waals surface area contributed by atoms with Crippen LogP contribution >= 0.6 is 0 Å². The van der Waals surface area contributed by atoms with E-state index in [0.29, 0.717) is 17.0 Å². The number of hydrogen-bond donors (Lipinski definition) is 1. The molecule has 1 unspecified atom stereocenters. The van der Waals surface area contributed by atoms with Crippen molar-refractivity contribution in [1.82, 2.24) is 9.55 Å². The van der Waals surface area contributed by atoms with E-state index in [4.69, 9.17) is 4.74 Å². The third kappa shape index (κ3) is 3.92. The Bertz CT molecular complexity index is 662. The molecule has 0 aliphatic carbocycles. The van der Waals surface area contributed by atoms with Crippen LogP contribution in [0.5, 0.6) is 5.75 Å². The minimum Gasteiger partial charge on any atom is -0.491 e. The molecule has 2 rings (SSSR count). The van der Waals surface area contributed by atoms with Crippen LogP contribution < -0.4 is 10.3 Å². The standard InChI is InChI=1S/C16H20N2O3/c1-11-4-6-15(7-5-11)21-9-14(19)8-18-10-17-13(3)12(2)16(18)20/h4-7,10,14,19H,8-9H2,1-3H3. The normalized spacial score (nSPS) is 12.2. The first-order chi connectivity index (χ1) is 9.97. The predicted molar refractivity (Wildman–Crippen MR) is 80.7 cm³/mol. The third-order valence-electron chi connectivity index (χ3n) is 3.39. The number of hydrogen-bond acceptors (Lipinski definition) is 4. The van der Waals surface area contributed by atoms with Crippen molar-refractivity contribution in [3.8, 4) is 5.75 Å². The predicted octanol–water partition coefficient (Wildman–Crippen LogP) is 1.61. The lowest BCUT2D eigenvalue weighted by Crippen LogP contribution is -2.31. The van der Waals surface area contributed by atoms with Crippen molar-refractivity contribution in [3.63, 3.8) is 0 Å². The van der Waals surface area contributed by atoms with Crippen molar-refractivity contribution in [2.45, 2.75) is 33.4 Å². The van der Waals surface area contributed by atoms with Crippen LogP contribution in [-0.4, -0.2) is 27.4 Å². The molecule has 0 saturated heterocycles. The number of ether oxygens (including phenoxy) is 1. The van der Waals surface area contributed by atoms with Crippen molar-refractivity contribution >= 4 is 0 Å². The molecule has 1 aromatic heterocycles. The van der Waals surface area contributed by atoms with Crippen LogP contribution in [0.25, 0.3) is 0 Å². The van der Waals surface area contributed by atoms with Gasteiger partial charge in [0.2, 0.25) is 0 Å². The van der Waals surface area contributed by atoms with E-state index in [-0.39, 0.29) is 18.7 Å². The summed E-state index contributed by atoms with van der Waals surface area (Å²) in [4.78, 5) is 16.1. The van der Waals surface area contributed by atoms with Crippen molar-refractivity contribution < 1.29 is 9.84 Å². The van der Waals surface area contributed by atoms with Crippen LogP contribution in [0.3, 0.4) is 0 Å². The largest absolute Gasteiger partial charge is 0.491 e. The molecule has 0 aliphatic heterocycles. The summed E-state index contributed by atoms with van der Waals surface area (Å²) in [7, 11) is 0. The number of rotatable bonds is 5. The summed E-state index contributed by atoms with van der Waals surface area (Å²) in [5.41, 5.74) is 2.33. The average Bonchev–Trinajstić information content (AvgIpc) is 2.47. The summed E-state index contributed by atoms with van der Waals surface area (Å²) in [6.45, 7) is 5.81. The van der Waals surface area contributed by atoms with E-state index < -0.39 is 6.10 Å². The summed E-state index contributed by atoms with van der Waals surface area (Å²) in [5.74, 6) is 0.699. The molecule has 0 amide bonds. The van der Waals surface area contributed by atoms with Crippen molar-refractivity contribution in [2.75, 3.05) is 6.61 Å². The van der Waals surface area contributed by atoms with Gasteiger partial charge in [-0.15, -0.1) is 0 Å². The second-order valence-corrected chi connectivity index (χ2v) is 5.19. The van der Waals surface area contributed by atoms with Gasteiger partial charge in [-0.05, 0) is 32.9 Å². The monoisotopic (exact) mass is 288 g/mol. The fourth-order valence-corrected chi connectivity index (χ4v) is 1.91. The number of aromatic nitrogens is 2. The van der Waals surface area contributed by atoms with Gasteiger partial charge in [-0.1, -0.05) is 17.7 Å². The zero-order valence-electron chi connectivity index (χ0n) is 12.5. The molecule has 1 aromatic carbocycles. The highest BCUT2D eigenvalue weighted by Crippen LogP contribution is 2.11. The van der Waals surface area contributed by atoms with E-state index in [0.717, 1.165) is 5.56 Å². The number of aryl methyl sites for hydroxylation is 2. The Labute approximate surface area is 123 Å². The molecular weight excluding hydrogens is 268 g/mol. The van der Waals surface area contributed by atoms with E-state index in [1.807, 2.05) is 31.2 Å². The SMILES string of the molecule is Cc1ccc(OCC(O)Cn2cnc(C)c(C)c2=O)cc1. The average molecular weight is 288 g/mol. The van der Waals surface area contributed by atoms with Gasteiger partial charge in [0, 0.05) is 11.3 Å². The number of benzene rings is 1. The quantitative estimate of drug-likeness (QED) is 0.908. The zero-order chi connectivity index (χ0) is 15.4. The Morgan fingerprint density at radius 1 is 1.24 bits per heavy atom. The minimum atomic E-state index is -0.770. The van der Waals surface area contributed by atoms with Gasteiger partial charge in [0.25, 0.3) is 5.56 Å². The second-order valence-electron chi connectivity index (χ2n) is 5.19. The number of aliphatic hydroxyl groups is 1. The van der Waals surface area contributed by atoms with Crippen LogP contribution in [-0.2, 0) is 6.54 Å². The van der Waals surface area contributed by atoms with Crippen LogP contribution in [0, 0.1) is 20.8 Å². The van der Waals surface area contributed by atoms with Gasteiger partial charge in [-0.25, -0.2) is 4.98 Å². The smallest absolute Gasteiger partial charge is 0.256 e. The Morgan fingerprint density at radius 2 is 1.90 bits per heavy atom. The second kappa shape index (κ2) is 6.54. The molecule has 112 valence electrons. The maximum Gasteiger partial charge on any atom is 0.256 e. The lowest BCUT2D eigenvalue weighted by Gasteiger charge is -2.14. The van der Waals surface area contributed by atoms with Gasteiger partial charge in [-0.3, -0.25) is 9.36 Å². The van der Waals surface area contributed by atoms with E-state index in [1.54, 1.807) is 13.8 Å². The molecule has 0 radical (unpaired) electrons. The molecule has 0 aliphatic rings. The van der Waals surface area contributed by atoms with Crippen LogP contribution in [0.4, 0.5) is 0 Å². The highest BCUT2D eigenvalue weighted by Gasteiger charge is 2.10. The van der Waals surface area contributed by atoms with Gasteiger partial charge >= 0.3 is 0 Å². The van der Waals surface area contributed by atoms with Gasteiger partial charge in [0.15, 0.2) is 0 Å². The van der Waals surface area contributed by atoms with Crippen molar-refractivity contribution in [2.24, 2.45) is 0 Å². The van der Waals surface area contributed by atoms with E-state index in [1.165, 1.54) is 10.9 Å². The number of nitrogens with zero attached hydrogens (tertiary/aromatic N) is 2. The molecule has 1 atom stereocenters. The number of aliphatic hydroxyl groups excluding tert-OH is 1. The van der Waals surface area contributed by atoms with Crippen molar-refractivity contribution in [1.29, 1.82) is 0 Å². The summed E-state index contributed by atoms with van der Waals surface area (Å²) < 4.78 is 6.91. The van der Waals surface area contributed by atoms with E-state index >= 15 is 0 Å². The Balaban J connectivity index is 1.96. The lowest BCUT2D eigenvalue weighted by molar-refractivity contribution is 0.0912. The fourth-order valence-electron chi connectivity index (χ4n) is 1.91. The van der Waals surface area contributed by atoms with Gasteiger partial charge in [-0.2, -0.15) is 0 Å². The molecule has 0 fully saturated rings. The third-order valence-corrected chi connectivity index (χ3v) is 3.39. The molecule has 21 heavy (non-hydrogen) atoms. The Morgan fingerprint density at radius 3 is 2.57 bits per heavy atom. The molecule has 1 heterocycles. The molecular formula is C16H20N2O3. The molecule has 0 saturated carbocycles. The van der Waals surface area contributed by atoms with Crippen molar-refractivity contribution in [3.05, 3.63) is 57.8 Å². The first-order valence-corrected chi connectivity index (χ1v) is 6.87. The molecule has 1 N–H and O–H groups in total. The van der Waals surface area contributed by atoms with Crippen LogP contribution in [0.15, 0.2) is 35.4 Å². The van der Waals surface area contributed by atoms with E-state index in [2.05, 4.69) is 4.98 Å². The minimum absolute atomic E-state index is 0.127. The molecule has 0 spiro atoms. The van der Waals surface area contributed by atoms with Crippen LogP contribution in [0.1, 0.15) is 16.8 Å². The maximum absolute atomic E-state index is 12.0. The first kappa shape index (κ1) is 15.3.